The average Bonchev–Trinajstić information content (AvgIpc) is 3.17. The van der Waals surface area contributed by atoms with Gasteiger partial charge < -0.3 is 4.42 Å². The van der Waals surface area contributed by atoms with Crippen molar-refractivity contribution >= 4 is 33.2 Å². The van der Waals surface area contributed by atoms with Crippen LogP contribution >= 0.6 is 23.2 Å². The molecule has 0 aliphatic heterocycles. The zero-order valence-electron chi connectivity index (χ0n) is 12.2. The first-order valence-corrected chi connectivity index (χ1v) is 9.10. The third kappa shape index (κ3) is 3.62. The van der Waals surface area contributed by atoms with Crippen molar-refractivity contribution in [1.29, 1.82) is 0 Å². The van der Waals surface area contributed by atoms with Crippen molar-refractivity contribution in [2.75, 3.05) is 6.54 Å². The molecular weight excluding hydrogens is 375 g/mol. The molecule has 0 saturated carbocycles. The second-order valence-corrected chi connectivity index (χ2v) is 7.30. The minimum atomic E-state index is -3.82. The lowest BCUT2D eigenvalue weighted by atomic mass is 10.4. The highest BCUT2D eigenvalue weighted by Crippen LogP contribution is 2.28. The van der Waals surface area contributed by atoms with Gasteiger partial charge in [0.15, 0.2) is 5.76 Å². The van der Waals surface area contributed by atoms with Crippen LogP contribution in [0.25, 0.3) is 11.6 Å². The molecule has 2 aromatic heterocycles. The van der Waals surface area contributed by atoms with E-state index in [-0.39, 0.29) is 21.5 Å². The van der Waals surface area contributed by atoms with Gasteiger partial charge in [-0.2, -0.15) is 5.10 Å². The molecule has 1 aromatic carbocycles. The van der Waals surface area contributed by atoms with Gasteiger partial charge in [0, 0.05) is 13.0 Å². The van der Waals surface area contributed by atoms with E-state index in [1.54, 1.807) is 18.2 Å². The first-order chi connectivity index (χ1) is 11.5. The van der Waals surface area contributed by atoms with Gasteiger partial charge in [-0.25, -0.2) is 18.1 Å². The van der Waals surface area contributed by atoms with Crippen LogP contribution in [0.2, 0.25) is 10.0 Å². The molecule has 0 radical (unpaired) electrons. The van der Waals surface area contributed by atoms with E-state index in [2.05, 4.69) is 19.9 Å². The van der Waals surface area contributed by atoms with E-state index in [0.29, 0.717) is 23.8 Å². The molecule has 0 bridgehead atoms. The van der Waals surface area contributed by atoms with E-state index in [1.165, 1.54) is 18.4 Å². The molecule has 10 heteroatoms. The number of H-pyrrole nitrogens is 1. The first kappa shape index (κ1) is 17.0. The number of rotatable bonds is 6. The molecule has 0 fully saturated rings. The monoisotopic (exact) mass is 386 g/mol. The van der Waals surface area contributed by atoms with Crippen LogP contribution in [0.5, 0.6) is 0 Å². The average molecular weight is 387 g/mol. The Labute approximate surface area is 148 Å². The molecule has 0 saturated heterocycles. The van der Waals surface area contributed by atoms with Crippen molar-refractivity contribution in [2.24, 2.45) is 0 Å². The summed E-state index contributed by atoms with van der Waals surface area (Å²) >= 11 is 11.9. The zero-order valence-corrected chi connectivity index (χ0v) is 14.5. The molecular formula is C14H12Cl2N4O3S. The Morgan fingerprint density at radius 2 is 1.92 bits per heavy atom. The van der Waals surface area contributed by atoms with Gasteiger partial charge in [0.1, 0.15) is 10.7 Å². The van der Waals surface area contributed by atoms with Crippen molar-refractivity contribution < 1.29 is 12.8 Å². The largest absolute Gasteiger partial charge is 0.461 e. The predicted molar refractivity (Wildman–Crippen MR) is 89.4 cm³/mol. The fourth-order valence-electron chi connectivity index (χ4n) is 2.04. The smallest absolute Gasteiger partial charge is 0.243 e. The predicted octanol–water partition coefficient (Wildman–Crippen LogP) is 2.89. The van der Waals surface area contributed by atoms with Gasteiger partial charge in [0.2, 0.25) is 15.8 Å². The Kier molecular flexibility index (Phi) is 4.91. The maximum atomic E-state index is 12.3. The van der Waals surface area contributed by atoms with E-state index in [4.69, 9.17) is 27.6 Å². The molecule has 2 heterocycles. The molecule has 0 amide bonds. The van der Waals surface area contributed by atoms with Gasteiger partial charge >= 0.3 is 0 Å². The van der Waals surface area contributed by atoms with Crippen molar-refractivity contribution in [3.05, 3.63) is 52.5 Å². The van der Waals surface area contributed by atoms with Crippen LogP contribution in [0.1, 0.15) is 5.82 Å². The molecule has 7 nitrogen and oxygen atoms in total. The second-order valence-electron chi connectivity index (χ2n) is 4.78. The van der Waals surface area contributed by atoms with E-state index >= 15 is 0 Å². The van der Waals surface area contributed by atoms with Crippen molar-refractivity contribution in [2.45, 2.75) is 11.3 Å². The van der Waals surface area contributed by atoms with E-state index in [1.807, 2.05) is 0 Å². The number of sulfonamides is 1. The summed E-state index contributed by atoms with van der Waals surface area (Å²) in [5.74, 6) is 1.46. The lowest BCUT2D eigenvalue weighted by Gasteiger charge is -2.09. The van der Waals surface area contributed by atoms with Gasteiger partial charge in [-0.1, -0.05) is 29.3 Å². The summed E-state index contributed by atoms with van der Waals surface area (Å²) in [5, 5.41) is 6.87. The van der Waals surface area contributed by atoms with Crippen LogP contribution in [0.4, 0.5) is 0 Å². The highest BCUT2D eigenvalue weighted by molar-refractivity contribution is 7.89. The molecule has 0 aliphatic carbocycles. The van der Waals surface area contributed by atoms with Gasteiger partial charge in [0.05, 0.1) is 16.3 Å². The lowest BCUT2D eigenvalue weighted by molar-refractivity contribution is 0.577. The zero-order chi connectivity index (χ0) is 17.2. The Bertz CT molecular complexity index is 919. The Hall–Kier alpha value is -1.87. The van der Waals surface area contributed by atoms with Crippen molar-refractivity contribution in [3.63, 3.8) is 0 Å². The molecule has 0 atom stereocenters. The summed E-state index contributed by atoms with van der Waals surface area (Å²) < 4.78 is 32.3. The maximum Gasteiger partial charge on any atom is 0.243 e. The number of aromatic nitrogens is 3. The summed E-state index contributed by atoms with van der Waals surface area (Å²) in [6.07, 6.45) is 1.84. The first-order valence-electron chi connectivity index (χ1n) is 6.86. The van der Waals surface area contributed by atoms with E-state index in [9.17, 15) is 8.42 Å². The number of hydrogen-bond acceptors (Lipinski definition) is 5. The summed E-state index contributed by atoms with van der Waals surface area (Å²) in [6.45, 7) is 0.108. The third-order valence-electron chi connectivity index (χ3n) is 3.11. The second kappa shape index (κ2) is 6.94. The standard InChI is InChI=1S/C14H12Cl2N4O3S/c15-9-3-1-4-10(16)13(9)24(21,22)17-7-6-12-18-14(20-19-12)11-5-2-8-23-11/h1-5,8,17H,6-7H2,(H,18,19,20). The van der Waals surface area contributed by atoms with Crippen molar-refractivity contribution in [3.8, 4) is 11.6 Å². The molecule has 3 rings (SSSR count). The fraction of sp³-hybridized carbons (Fsp3) is 0.143. The number of halogens is 2. The highest BCUT2D eigenvalue weighted by atomic mass is 35.5. The van der Waals surface area contributed by atoms with Crippen LogP contribution < -0.4 is 4.72 Å². The van der Waals surface area contributed by atoms with Gasteiger partial charge in [-0.05, 0) is 24.3 Å². The summed E-state index contributed by atoms with van der Waals surface area (Å²) in [6, 6.07) is 7.97. The van der Waals surface area contributed by atoms with Gasteiger partial charge in [0.25, 0.3) is 0 Å². The lowest BCUT2D eigenvalue weighted by Crippen LogP contribution is -2.26. The number of hydrogen-bond donors (Lipinski definition) is 2. The quantitative estimate of drug-likeness (QED) is 0.677. The van der Waals surface area contributed by atoms with Gasteiger partial charge in [-0.3, -0.25) is 5.10 Å². The summed E-state index contributed by atoms with van der Waals surface area (Å²) in [4.78, 5) is 4.10. The summed E-state index contributed by atoms with van der Waals surface area (Å²) in [7, 11) is -3.82. The number of nitrogens with zero attached hydrogens (tertiary/aromatic N) is 2. The number of furan rings is 1. The Balaban J connectivity index is 1.66. The van der Waals surface area contributed by atoms with Crippen molar-refractivity contribution in [1.82, 2.24) is 19.9 Å². The third-order valence-corrected chi connectivity index (χ3v) is 5.53. The molecule has 2 N–H and O–H groups in total. The molecule has 0 spiro atoms. The Morgan fingerprint density at radius 1 is 1.17 bits per heavy atom. The minimum absolute atomic E-state index is 0.0646. The highest BCUT2D eigenvalue weighted by Gasteiger charge is 2.21. The minimum Gasteiger partial charge on any atom is -0.461 e. The molecule has 0 aliphatic rings. The SMILES string of the molecule is O=S(=O)(NCCc1nc(-c2ccco2)n[nH]1)c1c(Cl)cccc1Cl. The topological polar surface area (TPSA) is 101 Å². The van der Waals surface area contributed by atoms with Crippen LogP contribution in [-0.4, -0.2) is 30.1 Å². The number of nitrogens with one attached hydrogen (secondary N) is 2. The molecule has 0 unspecified atom stereocenters. The summed E-state index contributed by atoms with van der Waals surface area (Å²) in [5.41, 5.74) is 0. The molecule has 3 aromatic rings. The maximum absolute atomic E-state index is 12.3. The number of benzene rings is 1. The molecule has 24 heavy (non-hydrogen) atoms. The van der Waals surface area contributed by atoms with E-state index < -0.39 is 10.0 Å². The van der Waals surface area contributed by atoms with Gasteiger partial charge in [-0.15, -0.1) is 0 Å². The van der Waals surface area contributed by atoms with Crippen LogP contribution in [-0.2, 0) is 16.4 Å². The number of aromatic amines is 1. The van der Waals surface area contributed by atoms with E-state index in [0.717, 1.165) is 0 Å². The Morgan fingerprint density at radius 3 is 2.58 bits per heavy atom. The normalized spacial score (nSPS) is 11.8. The molecule has 126 valence electrons. The van der Waals surface area contributed by atoms with Crippen LogP contribution in [0.15, 0.2) is 45.9 Å². The fourth-order valence-corrected chi connectivity index (χ4v) is 4.21. The van der Waals surface area contributed by atoms with Crippen LogP contribution in [0.3, 0.4) is 0 Å². The van der Waals surface area contributed by atoms with Crippen LogP contribution in [0, 0.1) is 0 Å².